The van der Waals surface area contributed by atoms with Crippen LogP contribution in [0, 0.1) is 0 Å². The highest BCUT2D eigenvalue weighted by Crippen LogP contribution is 2.36. The van der Waals surface area contributed by atoms with Gasteiger partial charge in [0.1, 0.15) is 18.2 Å². The van der Waals surface area contributed by atoms with E-state index in [1.54, 1.807) is 24.3 Å². The standard InChI is InChI=1S/C35H61BrN2O8SSi3/c1-11-50(12-2,13-3)46-34(25-37-35(39)26-44-31-17-15-30(36)16-18-31)29-14-19-33(45-28-43-21-23-49(8,9)10)32(24-29)38(47(4,40)41)27-42-20-22-48(5,6)7/h14-19,24,34H,11-13,20-23,25-28H2,1-10H3,(H,37,39)/t34-/m0/s1. The minimum atomic E-state index is -3.78. The molecule has 0 fully saturated rings. The maximum atomic E-state index is 13.3. The number of carbonyl (C=O) groups is 1. The first kappa shape index (κ1) is 44.4. The normalized spacial score (nSPS) is 13.2. The van der Waals surface area contributed by atoms with Gasteiger partial charge in [-0.1, -0.05) is 82.0 Å². The fourth-order valence-corrected chi connectivity index (χ4v) is 10.3. The van der Waals surface area contributed by atoms with Gasteiger partial charge in [0.2, 0.25) is 10.0 Å². The first-order chi connectivity index (χ1) is 23.3. The summed E-state index contributed by atoms with van der Waals surface area (Å²) in [5.74, 6) is 0.655. The molecule has 2 aromatic carbocycles. The van der Waals surface area contributed by atoms with E-state index in [1.807, 2.05) is 18.2 Å². The van der Waals surface area contributed by atoms with Gasteiger partial charge in [0.25, 0.3) is 5.91 Å². The van der Waals surface area contributed by atoms with Crippen LogP contribution in [0.15, 0.2) is 46.9 Å². The van der Waals surface area contributed by atoms with Crippen molar-refractivity contribution in [3.05, 3.63) is 52.5 Å². The smallest absolute Gasteiger partial charge is 0.258 e. The SMILES string of the molecule is CC[Si](CC)(CC)O[C@@H](CNC(=O)COc1ccc(Br)cc1)c1ccc(OCOCC[Si](C)(C)C)c(N(COCC[Si](C)(C)C)S(C)(=O)=O)c1. The molecule has 1 amide bonds. The Kier molecular flexibility index (Phi) is 18.2. The van der Waals surface area contributed by atoms with E-state index in [9.17, 15) is 13.2 Å². The lowest BCUT2D eigenvalue weighted by Crippen LogP contribution is -2.41. The van der Waals surface area contributed by atoms with Gasteiger partial charge in [-0.2, -0.15) is 0 Å². The predicted molar refractivity (Wildman–Crippen MR) is 216 cm³/mol. The zero-order chi connectivity index (χ0) is 37.6. The van der Waals surface area contributed by atoms with E-state index in [-0.39, 0.29) is 32.6 Å². The molecule has 284 valence electrons. The van der Waals surface area contributed by atoms with Crippen molar-refractivity contribution in [2.75, 3.05) is 50.5 Å². The molecular formula is C35H61BrN2O8SSi3. The van der Waals surface area contributed by atoms with E-state index in [2.05, 4.69) is 81.3 Å². The molecule has 0 unspecified atom stereocenters. The van der Waals surface area contributed by atoms with Crippen LogP contribution in [0.5, 0.6) is 11.5 Å². The number of benzene rings is 2. The molecular weight excluding hydrogens is 773 g/mol. The summed E-state index contributed by atoms with van der Waals surface area (Å²) in [6, 6.07) is 17.3. The van der Waals surface area contributed by atoms with Crippen molar-refractivity contribution in [2.24, 2.45) is 0 Å². The predicted octanol–water partition coefficient (Wildman–Crippen LogP) is 8.48. The van der Waals surface area contributed by atoms with Crippen molar-refractivity contribution in [2.45, 2.75) is 96.4 Å². The van der Waals surface area contributed by atoms with Gasteiger partial charge in [0, 0.05) is 40.4 Å². The summed E-state index contributed by atoms with van der Waals surface area (Å²) in [4.78, 5) is 13.0. The van der Waals surface area contributed by atoms with E-state index < -0.39 is 40.6 Å². The molecule has 2 rings (SSSR count). The number of amides is 1. The third-order valence-corrected chi connectivity index (χ3v) is 18.2. The van der Waals surface area contributed by atoms with Gasteiger partial charge in [0.15, 0.2) is 21.7 Å². The Labute approximate surface area is 313 Å². The number of nitrogens with one attached hydrogen (secondary N) is 1. The molecule has 10 nitrogen and oxygen atoms in total. The van der Waals surface area contributed by atoms with E-state index in [4.69, 9.17) is 23.4 Å². The molecule has 1 atom stereocenters. The van der Waals surface area contributed by atoms with Crippen LogP contribution in [-0.4, -0.2) is 84.9 Å². The number of ether oxygens (including phenoxy) is 4. The van der Waals surface area contributed by atoms with Gasteiger partial charge >= 0.3 is 0 Å². The average molecular weight is 834 g/mol. The van der Waals surface area contributed by atoms with Crippen LogP contribution < -0.4 is 19.1 Å². The van der Waals surface area contributed by atoms with Crippen molar-refractivity contribution < 1.29 is 36.6 Å². The van der Waals surface area contributed by atoms with Crippen LogP contribution >= 0.6 is 15.9 Å². The van der Waals surface area contributed by atoms with E-state index in [0.29, 0.717) is 30.4 Å². The number of nitrogens with zero attached hydrogens (tertiary/aromatic N) is 1. The maximum absolute atomic E-state index is 13.3. The molecule has 0 aliphatic carbocycles. The van der Waals surface area contributed by atoms with Crippen molar-refractivity contribution in [1.29, 1.82) is 0 Å². The zero-order valence-corrected chi connectivity index (χ0v) is 37.3. The monoisotopic (exact) mass is 832 g/mol. The van der Waals surface area contributed by atoms with Crippen LogP contribution in [0.25, 0.3) is 0 Å². The summed E-state index contributed by atoms with van der Waals surface area (Å²) in [6.45, 7) is 20.9. The third-order valence-electron chi connectivity index (χ3n) is 8.52. The van der Waals surface area contributed by atoms with Gasteiger partial charge < -0.3 is 28.7 Å². The average Bonchev–Trinajstić information content (AvgIpc) is 3.03. The van der Waals surface area contributed by atoms with E-state index >= 15 is 0 Å². The number of sulfonamides is 1. The highest BCUT2D eigenvalue weighted by atomic mass is 79.9. The van der Waals surface area contributed by atoms with Gasteiger partial charge in [-0.05, 0) is 72.2 Å². The lowest BCUT2D eigenvalue weighted by molar-refractivity contribution is -0.123. The zero-order valence-electron chi connectivity index (χ0n) is 31.9. The lowest BCUT2D eigenvalue weighted by atomic mass is 10.1. The molecule has 0 heterocycles. The first-order valence-electron chi connectivity index (χ1n) is 17.5. The summed E-state index contributed by atoms with van der Waals surface area (Å²) in [7, 11) is -8.66. The van der Waals surface area contributed by atoms with E-state index in [1.165, 1.54) is 10.6 Å². The molecule has 0 spiro atoms. The fraction of sp³-hybridized carbons (Fsp3) is 0.629. The Morgan fingerprint density at radius 1 is 0.860 bits per heavy atom. The molecule has 0 aliphatic heterocycles. The molecule has 0 radical (unpaired) electrons. The van der Waals surface area contributed by atoms with Crippen molar-refractivity contribution in [3.8, 4) is 11.5 Å². The van der Waals surface area contributed by atoms with Crippen molar-refractivity contribution in [3.63, 3.8) is 0 Å². The topological polar surface area (TPSA) is 113 Å². The third kappa shape index (κ3) is 16.3. The minimum absolute atomic E-state index is 0.0171. The summed E-state index contributed by atoms with van der Waals surface area (Å²) >= 11 is 3.41. The highest BCUT2D eigenvalue weighted by Gasteiger charge is 2.34. The van der Waals surface area contributed by atoms with Crippen LogP contribution in [0.1, 0.15) is 32.4 Å². The molecule has 2 aromatic rings. The number of anilines is 1. The second kappa shape index (κ2) is 20.5. The van der Waals surface area contributed by atoms with Gasteiger partial charge in [0.05, 0.1) is 18.0 Å². The van der Waals surface area contributed by atoms with Crippen molar-refractivity contribution in [1.82, 2.24) is 5.32 Å². The molecule has 0 aromatic heterocycles. The first-order valence-corrected chi connectivity index (χ1v) is 30.1. The number of rotatable bonds is 24. The summed E-state index contributed by atoms with van der Waals surface area (Å²) < 4.78 is 59.3. The summed E-state index contributed by atoms with van der Waals surface area (Å²) in [6.07, 6.45) is 0.631. The Bertz CT molecular complexity index is 1420. The highest BCUT2D eigenvalue weighted by molar-refractivity contribution is 9.10. The van der Waals surface area contributed by atoms with Crippen LogP contribution in [0.2, 0.25) is 69.5 Å². The lowest BCUT2D eigenvalue weighted by Gasteiger charge is -2.34. The summed E-state index contributed by atoms with van der Waals surface area (Å²) in [5.41, 5.74) is 1.06. The molecule has 50 heavy (non-hydrogen) atoms. The number of halogens is 1. The van der Waals surface area contributed by atoms with E-state index in [0.717, 1.165) is 40.3 Å². The number of hydrogen-bond acceptors (Lipinski definition) is 8. The second-order valence-corrected chi connectivity index (χ2v) is 33.9. The Morgan fingerprint density at radius 2 is 1.44 bits per heavy atom. The molecule has 0 bridgehead atoms. The second-order valence-electron chi connectivity index (χ2n) is 15.1. The van der Waals surface area contributed by atoms with Crippen LogP contribution in [-0.2, 0) is 28.7 Å². The molecule has 1 N–H and O–H groups in total. The maximum Gasteiger partial charge on any atom is 0.258 e. The Morgan fingerprint density at radius 3 is 1.98 bits per heavy atom. The Hall–Kier alpha value is -1.73. The molecule has 15 heteroatoms. The van der Waals surface area contributed by atoms with Gasteiger partial charge in [-0.3, -0.25) is 4.79 Å². The largest absolute Gasteiger partial charge is 0.484 e. The molecule has 0 saturated carbocycles. The van der Waals surface area contributed by atoms with Gasteiger partial charge in [-0.15, -0.1) is 0 Å². The molecule has 0 aliphatic rings. The van der Waals surface area contributed by atoms with Gasteiger partial charge in [-0.25, -0.2) is 12.7 Å². The number of carbonyl (C=O) groups excluding carboxylic acids is 1. The quantitative estimate of drug-likeness (QED) is 0.0637. The van der Waals surface area contributed by atoms with Crippen molar-refractivity contribution >= 4 is 62.0 Å². The molecule has 0 saturated heterocycles. The fourth-order valence-electron chi connectivity index (χ4n) is 4.93. The van der Waals surface area contributed by atoms with Crippen LogP contribution in [0.3, 0.4) is 0 Å². The minimum Gasteiger partial charge on any atom is -0.484 e. The number of hydrogen-bond donors (Lipinski definition) is 1. The Balaban J connectivity index is 2.45. The summed E-state index contributed by atoms with van der Waals surface area (Å²) in [5, 5.41) is 2.99. The van der Waals surface area contributed by atoms with Crippen LogP contribution in [0.4, 0.5) is 5.69 Å².